The van der Waals surface area contributed by atoms with Crippen molar-refractivity contribution in [3.63, 3.8) is 0 Å². The Morgan fingerprint density at radius 3 is 3.11 bits per heavy atom. The van der Waals surface area contributed by atoms with Crippen molar-refractivity contribution in [1.82, 2.24) is 9.88 Å². The van der Waals surface area contributed by atoms with Gasteiger partial charge in [-0.2, -0.15) is 0 Å². The van der Waals surface area contributed by atoms with Gasteiger partial charge in [-0.05, 0) is 38.1 Å². The minimum Gasteiger partial charge on any atom is -0.409 e. The lowest BCUT2D eigenvalue weighted by molar-refractivity contribution is 0.318. The van der Waals surface area contributed by atoms with E-state index in [0.717, 1.165) is 18.8 Å². The van der Waals surface area contributed by atoms with E-state index in [1.807, 2.05) is 12.1 Å². The van der Waals surface area contributed by atoms with Gasteiger partial charge < -0.3 is 20.7 Å². The molecular formula is C13H21N5O. The number of hydrogen-bond donors (Lipinski definition) is 2. The van der Waals surface area contributed by atoms with Crippen molar-refractivity contribution in [2.24, 2.45) is 16.8 Å². The molecule has 6 heteroatoms. The first-order valence-corrected chi connectivity index (χ1v) is 6.43. The monoisotopic (exact) mass is 263 g/mol. The number of anilines is 1. The van der Waals surface area contributed by atoms with E-state index in [2.05, 4.69) is 34.0 Å². The molecule has 1 atom stereocenters. The van der Waals surface area contributed by atoms with Gasteiger partial charge >= 0.3 is 0 Å². The van der Waals surface area contributed by atoms with E-state index < -0.39 is 0 Å². The molecule has 1 aliphatic heterocycles. The van der Waals surface area contributed by atoms with Crippen LogP contribution in [0.2, 0.25) is 0 Å². The zero-order chi connectivity index (χ0) is 13.8. The van der Waals surface area contributed by atoms with E-state index in [9.17, 15) is 0 Å². The molecule has 0 aromatic carbocycles. The minimum absolute atomic E-state index is 0.0378. The lowest BCUT2D eigenvalue weighted by Crippen LogP contribution is -2.27. The first-order valence-electron chi connectivity index (χ1n) is 6.43. The van der Waals surface area contributed by atoms with Crippen molar-refractivity contribution in [2.45, 2.75) is 6.42 Å². The third kappa shape index (κ3) is 3.35. The summed E-state index contributed by atoms with van der Waals surface area (Å²) in [7, 11) is 4.21. The standard InChI is InChI=1S/C13H21N5O/c1-17-6-4-10(8-17)9-18(2)11-3-5-15-12(7-11)13(14)16-19/h3,5,7,10,19H,4,6,8-9H2,1-2H3,(H2,14,16). The van der Waals surface area contributed by atoms with Gasteiger partial charge in [0.1, 0.15) is 5.69 Å². The molecule has 1 aliphatic rings. The molecule has 0 aliphatic carbocycles. The van der Waals surface area contributed by atoms with Gasteiger partial charge in [-0.3, -0.25) is 4.98 Å². The highest BCUT2D eigenvalue weighted by molar-refractivity contribution is 5.95. The molecule has 1 aromatic rings. The molecule has 1 saturated heterocycles. The summed E-state index contributed by atoms with van der Waals surface area (Å²) in [6.07, 6.45) is 2.92. The fourth-order valence-corrected chi connectivity index (χ4v) is 2.52. The number of oxime groups is 1. The van der Waals surface area contributed by atoms with Crippen LogP contribution in [0.4, 0.5) is 5.69 Å². The predicted octanol–water partition coefficient (Wildman–Crippen LogP) is 0.564. The van der Waals surface area contributed by atoms with Crippen LogP contribution in [-0.4, -0.2) is 54.7 Å². The Bertz CT molecular complexity index is 462. The smallest absolute Gasteiger partial charge is 0.188 e. The Balaban J connectivity index is 2.04. The highest BCUT2D eigenvalue weighted by Gasteiger charge is 2.21. The number of hydrogen-bond acceptors (Lipinski definition) is 5. The highest BCUT2D eigenvalue weighted by Crippen LogP contribution is 2.19. The van der Waals surface area contributed by atoms with E-state index in [4.69, 9.17) is 10.9 Å². The number of pyridine rings is 1. The summed E-state index contributed by atoms with van der Waals surface area (Å²) in [6.45, 7) is 3.32. The van der Waals surface area contributed by atoms with Crippen LogP contribution in [0.5, 0.6) is 0 Å². The van der Waals surface area contributed by atoms with Crippen LogP contribution in [0.25, 0.3) is 0 Å². The van der Waals surface area contributed by atoms with Gasteiger partial charge in [0.2, 0.25) is 0 Å². The van der Waals surface area contributed by atoms with Gasteiger partial charge in [-0.25, -0.2) is 0 Å². The van der Waals surface area contributed by atoms with Crippen molar-refractivity contribution < 1.29 is 5.21 Å². The fraction of sp³-hybridized carbons (Fsp3) is 0.538. The normalized spacial score (nSPS) is 20.7. The van der Waals surface area contributed by atoms with Crippen LogP contribution < -0.4 is 10.6 Å². The third-order valence-electron chi connectivity index (χ3n) is 3.58. The summed E-state index contributed by atoms with van der Waals surface area (Å²) < 4.78 is 0. The molecule has 0 bridgehead atoms. The van der Waals surface area contributed by atoms with Crippen molar-refractivity contribution in [2.75, 3.05) is 38.6 Å². The number of nitrogens with zero attached hydrogens (tertiary/aromatic N) is 4. The molecule has 0 amide bonds. The van der Waals surface area contributed by atoms with Crippen molar-refractivity contribution >= 4 is 11.5 Å². The average molecular weight is 263 g/mol. The second-order valence-corrected chi connectivity index (χ2v) is 5.18. The molecular weight excluding hydrogens is 242 g/mol. The number of likely N-dealkylation sites (tertiary alicyclic amines) is 1. The van der Waals surface area contributed by atoms with E-state index in [0.29, 0.717) is 11.6 Å². The second kappa shape index (κ2) is 5.88. The van der Waals surface area contributed by atoms with Crippen LogP contribution in [-0.2, 0) is 0 Å². The number of rotatable bonds is 4. The van der Waals surface area contributed by atoms with E-state index in [1.165, 1.54) is 13.0 Å². The van der Waals surface area contributed by atoms with Crippen LogP contribution in [0.3, 0.4) is 0 Å². The quantitative estimate of drug-likeness (QED) is 0.359. The number of aromatic nitrogens is 1. The third-order valence-corrected chi connectivity index (χ3v) is 3.58. The largest absolute Gasteiger partial charge is 0.409 e. The summed E-state index contributed by atoms with van der Waals surface area (Å²) in [4.78, 5) is 8.63. The lowest BCUT2D eigenvalue weighted by atomic mass is 10.1. The SMILES string of the molecule is CN1CCC(CN(C)c2ccnc(C(N)=NO)c2)C1. The fourth-order valence-electron chi connectivity index (χ4n) is 2.52. The molecule has 1 fully saturated rings. The Kier molecular flexibility index (Phi) is 4.21. The lowest BCUT2D eigenvalue weighted by Gasteiger charge is -2.23. The van der Waals surface area contributed by atoms with Gasteiger partial charge in [-0.1, -0.05) is 5.16 Å². The summed E-state index contributed by atoms with van der Waals surface area (Å²) in [6, 6.07) is 3.78. The zero-order valence-electron chi connectivity index (χ0n) is 11.5. The summed E-state index contributed by atoms with van der Waals surface area (Å²) in [5, 5.41) is 11.7. The van der Waals surface area contributed by atoms with E-state index >= 15 is 0 Å². The maximum absolute atomic E-state index is 8.68. The Morgan fingerprint density at radius 1 is 1.68 bits per heavy atom. The molecule has 0 radical (unpaired) electrons. The van der Waals surface area contributed by atoms with E-state index in [-0.39, 0.29) is 5.84 Å². The van der Waals surface area contributed by atoms with Gasteiger partial charge in [-0.15, -0.1) is 0 Å². The second-order valence-electron chi connectivity index (χ2n) is 5.18. The highest BCUT2D eigenvalue weighted by atomic mass is 16.4. The molecule has 0 spiro atoms. The molecule has 6 nitrogen and oxygen atoms in total. The summed E-state index contributed by atoms with van der Waals surface area (Å²) in [5.74, 6) is 0.728. The number of nitrogens with two attached hydrogens (primary N) is 1. The maximum Gasteiger partial charge on any atom is 0.188 e. The van der Waals surface area contributed by atoms with Crippen LogP contribution in [0.15, 0.2) is 23.5 Å². The molecule has 104 valence electrons. The Morgan fingerprint density at radius 2 is 2.47 bits per heavy atom. The van der Waals surface area contributed by atoms with Crippen LogP contribution in [0.1, 0.15) is 12.1 Å². The number of amidine groups is 1. The van der Waals surface area contributed by atoms with Crippen LogP contribution in [0, 0.1) is 5.92 Å². The first-order chi connectivity index (χ1) is 9.10. The topological polar surface area (TPSA) is 78.0 Å². The van der Waals surface area contributed by atoms with Gasteiger partial charge in [0.05, 0.1) is 0 Å². The molecule has 3 N–H and O–H groups in total. The molecule has 1 aromatic heterocycles. The average Bonchev–Trinajstić information content (AvgIpc) is 2.83. The molecule has 2 heterocycles. The van der Waals surface area contributed by atoms with Crippen molar-refractivity contribution in [1.29, 1.82) is 0 Å². The molecule has 1 unspecified atom stereocenters. The van der Waals surface area contributed by atoms with Gasteiger partial charge in [0, 0.05) is 32.0 Å². The maximum atomic E-state index is 8.68. The summed E-state index contributed by atoms with van der Waals surface area (Å²) in [5.41, 5.74) is 7.09. The molecule has 0 saturated carbocycles. The Hall–Kier alpha value is -1.82. The predicted molar refractivity (Wildman–Crippen MR) is 75.6 cm³/mol. The zero-order valence-corrected chi connectivity index (χ0v) is 11.5. The van der Waals surface area contributed by atoms with Gasteiger partial charge in [0.25, 0.3) is 0 Å². The molecule has 2 rings (SSSR count). The van der Waals surface area contributed by atoms with Gasteiger partial charge in [0.15, 0.2) is 5.84 Å². The Labute approximate surface area is 113 Å². The van der Waals surface area contributed by atoms with Crippen molar-refractivity contribution in [3.05, 3.63) is 24.0 Å². The molecule has 19 heavy (non-hydrogen) atoms. The van der Waals surface area contributed by atoms with E-state index in [1.54, 1.807) is 6.20 Å². The van der Waals surface area contributed by atoms with Crippen molar-refractivity contribution in [3.8, 4) is 0 Å². The summed E-state index contributed by atoms with van der Waals surface area (Å²) >= 11 is 0. The van der Waals surface area contributed by atoms with Crippen LogP contribution >= 0.6 is 0 Å². The minimum atomic E-state index is 0.0378. The first kappa shape index (κ1) is 13.6.